The molecule has 27 heavy (non-hydrogen) atoms. The van der Waals surface area contributed by atoms with E-state index in [-0.39, 0.29) is 11.5 Å². The highest BCUT2D eigenvalue weighted by molar-refractivity contribution is 5.73. The minimum atomic E-state index is -5.08. The van der Waals surface area contributed by atoms with Gasteiger partial charge < -0.3 is 19.7 Å². The highest BCUT2D eigenvalue weighted by atomic mass is 19.4. The van der Waals surface area contributed by atoms with E-state index >= 15 is 0 Å². The fourth-order valence-electron chi connectivity index (χ4n) is 4.48. The summed E-state index contributed by atoms with van der Waals surface area (Å²) in [4.78, 5) is 11.4. The van der Waals surface area contributed by atoms with Crippen LogP contribution >= 0.6 is 0 Å². The first-order valence-electron chi connectivity index (χ1n) is 8.55. The van der Waals surface area contributed by atoms with Gasteiger partial charge in [0, 0.05) is 24.5 Å². The van der Waals surface area contributed by atoms with Crippen LogP contribution in [0.5, 0.6) is 11.5 Å². The molecule has 1 unspecified atom stereocenters. The molecular weight excluding hydrogens is 367 g/mol. The maximum atomic E-state index is 10.6. The molecule has 2 bridgehead atoms. The van der Waals surface area contributed by atoms with Crippen molar-refractivity contribution in [2.75, 3.05) is 13.3 Å². The topological polar surface area (TPSA) is 79.2 Å². The van der Waals surface area contributed by atoms with Gasteiger partial charge in [-0.2, -0.15) is 13.2 Å². The van der Waals surface area contributed by atoms with E-state index in [1.807, 2.05) is 6.08 Å². The Kier molecular flexibility index (Phi) is 4.12. The summed E-state index contributed by atoms with van der Waals surface area (Å²) in [5.74, 6) is -1.01. The van der Waals surface area contributed by atoms with Crippen molar-refractivity contribution in [3.63, 3.8) is 0 Å². The van der Waals surface area contributed by atoms with Crippen LogP contribution < -0.4 is 9.47 Å². The summed E-state index contributed by atoms with van der Waals surface area (Å²) in [7, 11) is 0. The molecule has 9 heteroatoms. The average Bonchev–Trinajstić information content (AvgIpc) is 3.15. The van der Waals surface area contributed by atoms with Crippen molar-refractivity contribution in [3.05, 3.63) is 35.4 Å². The Morgan fingerprint density at radius 3 is 2.59 bits per heavy atom. The van der Waals surface area contributed by atoms with Gasteiger partial charge in [0.25, 0.3) is 0 Å². The number of aliphatic hydroxyl groups excluding tert-OH is 1. The molecule has 0 spiro atoms. The van der Waals surface area contributed by atoms with E-state index in [0.29, 0.717) is 12.8 Å². The minimum absolute atomic E-state index is 0.0633. The van der Waals surface area contributed by atoms with Crippen LogP contribution in [0.3, 0.4) is 0 Å². The van der Waals surface area contributed by atoms with Crippen molar-refractivity contribution in [1.82, 2.24) is 4.90 Å². The van der Waals surface area contributed by atoms with Crippen LogP contribution in [-0.4, -0.2) is 52.7 Å². The van der Waals surface area contributed by atoms with Gasteiger partial charge in [-0.1, -0.05) is 12.2 Å². The van der Waals surface area contributed by atoms with Crippen molar-refractivity contribution >= 4 is 5.97 Å². The Bertz CT molecular complexity index is 809. The van der Waals surface area contributed by atoms with E-state index in [2.05, 4.69) is 23.1 Å². The number of halogens is 3. The zero-order valence-corrected chi connectivity index (χ0v) is 14.2. The zero-order valence-electron chi connectivity index (χ0n) is 14.2. The summed E-state index contributed by atoms with van der Waals surface area (Å²) in [5.41, 5.74) is 2.79. The highest BCUT2D eigenvalue weighted by Crippen LogP contribution is 2.53. The van der Waals surface area contributed by atoms with Gasteiger partial charge in [-0.25, -0.2) is 4.79 Å². The minimum Gasteiger partial charge on any atom is -0.475 e. The smallest absolute Gasteiger partial charge is 0.475 e. The predicted octanol–water partition coefficient (Wildman–Crippen LogP) is 2.20. The molecule has 5 rings (SSSR count). The van der Waals surface area contributed by atoms with Crippen molar-refractivity contribution in [2.45, 2.75) is 43.1 Å². The number of carboxylic acid groups (broad SMARTS) is 1. The number of carbonyl (C=O) groups is 1. The van der Waals surface area contributed by atoms with Gasteiger partial charge in [-0.3, -0.25) is 4.90 Å². The van der Waals surface area contributed by atoms with E-state index in [4.69, 9.17) is 19.4 Å². The number of aliphatic carboxylic acids is 1. The van der Waals surface area contributed by atoms with Crippen LogP contribution in [0.25, 0.3) is 0 Å². The Balaban J connectivity index is 0.000000224. The Hall–Kier alpha value is -2.26. The summed E-state index contributed by atoms with van der Waals surface area (Å²) in [6, 6.07) is 4.75. The maximum Gasteiger partial charge on any atom is 0.490 e. The number of ether oxygens (including phenoxy) is 2. The number of benzene rings is 1. The van der Waals surface area contributed by atoms with Gasteiger partial charge in [-0.05, 0) is 36.1 Å². The van der Waals surface area contributed by atoms with Gasteiger partial charge >= 0.3 is 12.1 Å². The standard InChI is InChI=1S/C16H17NO3.C2HF3O2/c18-11-1-2-16-3-4-17(15(16)6-11)8-10-5-13-14(7-12(10)16)20-9-19-13;3-2(4,5)1(6)7/h1-2,5,7,11,15,18H,3-4,6,8-9H2;(H,6,7)/t11-,15-,16-;/m0./s1. The number of rotatable bonds is 0. The molecular formula is C18H18F3NO5. The molecule has 1 aliphatic carbocycles. The number of alkyl halides is 3. The SMILES string of the molecule is O=C(O)C(F)(F)F.O[C@H]1C=C[C@]23CCN(Cc4cc5c(cc42)OCO5)[C@H]3C1. The molecule has 6 nitrogen and oxygen atoms in total. The lowest BCUT2D eigenvalue weighted by Gasteiger charge is -2.45. The molecule has 4 atom stereocenters. The molecule has 2 N–H and O–H groups in total. The first-order valence-corrected chi connectivity index (χ1v) is 8.55. The van der Waals surface area contributed by atoms with Gasteiger partial charge in [0.05, 0.1) is 6.10 Å². The zero-order chi connectivity index (χ0) is 19.4. The van der Waals surface area contributed by atoms with E-state index in [1.54, 1.807) is 0 Å². The summed E-state index contributed by atoms with van der Waals surface area (Å²) in [6.45, 7) is 2.38. The van der Waals surface area contributed by atoms with Crippen molar-refractivity contribution in [2.24, 2.45) is 0 Å². The summed E-state index contributed by atoms with van der Waals surface area (Å²) < 4.78 is 42.8. The number of nitrogens with zero attached hydrogens (tertiary/aromatic N) is 1. The lowest BCUT2D eigenvalue weighted by molar-refractivity contribution is -0.192. The number of carboxylic acids is 1. The number of hydrogen-bond donors (Lipinski definition) is 2. The van der Waals surface area contributed by atoms with Crippen LogP contribution in [0, 0.1) is 0 Å². The average molecular weight is 385 g/mol. The Labute approximate surface area is 152 Å². The van der Waals surface area contributed by atoms with E-state index in [1.165, 1.54) is 11.1 Å². The molecule has 0 radical (unpaired) electrons. The highest BCUT2D eigenvalue weighted by Gasteiger charge is 2.53. The van der Waals surface area contributed by atoms with E-state index in [0.717, 1.165) is 37.4 Å². The van der Waals surface area contributed by atoms with Crippen LogP contribution in [0.2, 0.25) is 0 Å². The molecule has 1 saturated heterocycles. The third-order valence-corrected chi connectivity index (χ3v) is 5.64. The molecule has 4 aliphatic rings. The predicted molar refractivity (Wildman–Crippen MR) is 86.5 cm³/mol. The Morgan fingerprint density at radius 2 is 1.93 bits per heavy atom. The molecule has 0 aromatic heterocycles. The maximum absolute atomic E-state index is 10.6. The van der Waals surface area contributed by atoms with Crippen LogP contribution in [0.4, 0.5) is 13.2 Å². The monoisotopic (exact) mass is 385 g/mol. The third kappa shape index (κ3) is 2.94. The molecule has 3 aliphatic heterocycles. The second-order valence-electron chi connectivity index (χ2n) is 7.10. The van der Waals surface area contributed by atoms with Gasteiger partial charge in [0.2, 0.25) is 6.79 Å². The number of aliphatic hydroxyl groups is 1. The Morgan fingerprint density at radius 1 is 1.26 bits per heavy atom. The van der Waals surface area contributed by atoms with Crippen LogP contribution in [0.15, 0.2) is 24.3 Å². The third-order valence-electron chi connectivity index (χ3n) is 5.64. The normalized spacial score (nSPS) is 32.2. The van der Waals surface area contributed by atoms with Crippen LogP contribution in [0.1, 0.15) is 24.0 Å². The van der Waals surface area contributed by atoms with Gasteiger partial charge in [0.1, 0.15) is 0 Å². The second-order valence-corrected chi connectivity index (χ2v) is 7.10. The van der Waals surface area contributed by atoms with Gasteiger partial charge in [-0.15, -0.1) is 0 Å². The second kappa shape index (κ2) is 6.13. The van der Waals surface area contributed by atoms with Crippen molar-refractivity contribution in [1.29, 1.82) is 0 Å². The fourth-order valence-corrected chi connectivity index (χ4v) is 4.48. The molecule has 3 heterocycles. The van der Waals surface area contributed by atoms with E-state index < -0.39 is 12.1 Å². The lowest BCUT2D eigenvalue weighted by Crippen LogP contribution is -2.49. The largest absolute Gasteiger partial charge is 0.490 e. The summed E-state index contributed by atoms with van der Waals surface area (Å²) in [5, 5.41) is 17.1. The van der Waals surface area contributed by atoms with Gasteiger partial charge in [0.15, 0.2) is 11.5 Å². The fraction of sp³-hybridized carbons (Fsp3) is 0.500. The molecule has 1 aromatic carbocycles. The van der Waals surface area contributed by atoms with Crippen molar-refractivity contribution in [3.8, 4) is 11.5 Å². The summed E-state index contributed by atoms with van der Waals surface area (Å²) in [6.07, 6.45) is 0.799. The van der Waals surface area contributed by atoms with Crippen LogP contribution in [-0.2, 0) is 16.8 Å². The molecule has 146 valence electrons. The van der Waals surface area contributed by atoms with Crippen molar-refractivity contribution < 1.29 is 37.7 Å². The molecule has 1 aromatic rings. The number of hydrogen-bond acceptors (Lipinski definition) is 5. The summed E-state index contributed by atoms with van der Waals surface area (Å²) >= 11 is 0. The van der Waals surface area contributed by atoms with E-state index in [9.17, 15) is 18.3 Å². The lowest BCUT2D eigenvalue weighted by atomic mass is 9.66. The molecule has 1 fully saturated rings. The number of fused-ring (bicyclic) bond motifs is 2. The quantitative estimate of drug-likeness (QED) is 0.667. The molecule has 0 saturated carbocycles. The first kappa shape index (κ1) is 18.1. The first-order chi connectivity index (χ1) is 12.7. The molecule has 0 amide bonds.